The fraction of sp³-hybridized carbons (Fsp3) is 0.842. The van der Waals surface area contributed by atoms with E-state index in [1.807, 2.05) is 0 Å². The largest absolute Gasteiger partial charge is 0.462 e. The number of ether oxygens (including phenoxy) is 3. The van der Waals surface area contributed by atoms with Crippen LogP contribution >= 0.6 is 0 Å². The Morgan fingerprint density at radius 2 is 0.571 bits per heavy atom. The zero-order valence-corrected chi connectivity index (χ0v) is 42.1. The third-order valence-electron chi connectivity index (χ3n) is 12.1. The van der Waals surface area contributed by atoms with Crippen LogP contribution in [0.2, 0.25) is 0 Å². The SMILES string of the molecule is CCCCC/C=C\C=C/CCCCCCCCCCCCC(=O)OCC(COC(=O)CCCCCCCCCCC)OC(=O)CCCCCCCCC/C=C\CCCCCCCC. The predicted molar refractivity (Wildman–Crippen MR) is 270 cm³/mol. The highest BCUT2D eigenvalue weighted by atomic mass is 16.6. The van der Waals surface area contributed by atoms with Crippen LogP contribution in [0.5, 0.6) is 0 Å². The van der Waals surface area contributed by atoms with Gasteiger partial charge in [-0.1, -0.05) is 237 Å². The zero-order valence-electron chi connectivity index (χ0n) is 42.1. The third kappa shape index (κ3) is 50.5. The second kappa shape index (κ2) is 52.3. The van der Waals surface area contributed by atoms with E-state index in [1.54, 1.807) is 0 Å². The van der Waals surface area contributed by atoms with E-state index in [2.05, 4.69) is 57.2 Å². The molecule has 0 rings (SSSR count). The van der Waals surface area contributed by atoms with Crippen LogP contribution < -0.4 is 0 Å². The van der Waals surface area contributed by atoms with Gasteiger partial charge in [0.1, 0.15) is 13.2 Å². The van der Waals surface area contributed by atoms with Crippen LogP contribution in [0.15, 0.2) is 36.5 Å². The van der Waals surface area contributed by atoms with Gasteiger partial charge in [0.25, 0.3) is 0 Å². The van der Waals surface area contributed by atoms with Gasteiger partial charge in [-0.25, -0.2) is 0 Å². The summed E-state index contributed by atoms with van der Waals surface area (Å²) in [5.74, 6) is -0.870. The van der Waals surface area contributed by atoms with Crippen LogP contribution in [0.4, 0.5) is 0 Å². The van der Waals surface area contributed by atoms with Gasteiger partial charge in [0.05, 0.1) is 0 Å². The number of carbonyl (C=O) groups excluding carboxylic acids is 3. The summed E-state index contributed by atoms with van der Waals surface area (Å²) in [5, 5.41) is 0. The maximum Gasteiger partial charge on any atom is 0.306 e. The Balaban J connectivity index is 4.27. The summed E-state index contributed by atoms with van der Waals surface area (Å²) in [6.45, 7) is 6.61. The average Bonchev–Trinajstić information content (AvgIpc) is 3.28. The van der Waals surface area contributed by atoms with Gasteiger partial charge < -0.3 is 14.2 Å². The lowest BCUT2D eigenvalue weighted by molar-refractivity contribution is -0.167. The molecule has 0 heterocycles. The van der Waals surface area contributed by atoms with Crippen molar-refractivity contribution in [2.75, 3.05) is 13.2 Å². The van der Waals surface area contributed by atoms with Crippen molar-refractivity contribution in [2.24, 2.45) is 0 Å². The van der Waals surface area contributed by atoms with E-state index in [-0.39, 0.29) is 31.1 Å². The summed E-state index contributed by atoms with van der Waals surface area (Å²) in [4.78, 5) is 38.0. The van der Waals surface area contributed by atoms with Gasteiger partial charge in [0.15, 0.2) is 6.10 Å². The van der Waals surface area contributed by atoms with E-state index >= 15 is 0 Å². The van der Waals surface area contributed by atoms with E-state index in [4.69, 9.17) is 14.2 Å². The molecule has 0 aromatic heterocycles. The highest BCUT2D eigenvalue weighted by Gasteiger charge is 2.19. The van der Waals surface area contributed by atoms with E-state index in [0.717, 1.165) is 57.8 Å². The van der Waals surface area contributed by atoms with E-state index < -0.39 is 6.10 Å². The first-order valence-corrected chi connectivity index (χ1v) is 27.5. The maximum atomic E-state index is 12.8. The second-order valence-electron chi connectivity index (χ2n) is 18.5. The Morgan fingerprint density at radius 1 is 0.317 bits per heavy atom. The zero-order chi connectivity index (χ0) is 45.8. The van der Waals surface area contributed by atoms with Crippen LogP contribution in [0.25, 0.3) is 0 Å². The molecule has 0 aliphatic rings. The highest BCUT2D eigenvalue weighted by molar-refractivity contribution is 5.71. The average molecular weight is 885 g/mol. The normalized spacial score (nSPS) is 12.2. The van der Waals surface area contributed by atoms with Crippen molar-refractivity contribution in [2.45, 2.75) is 297 Å². The van der Waals surface area contributed by atoms with Crippen LogP contribution in [0, 0.1) is 0 Å². The van der Waals surface area contributed by atoms with E-state index in [1.165, 1.54) is 193 Å². The van der Waals surface area contributed by atoms with Crippen molar-refractivity contribution in [3.63, 3.8) is 0 Å². The molecule has 6 heteroatoms. The second-order valence-corrected chi connectivity index (χ2v) is 18.5. The predicted octanol–water partition coefficient (Wildman–Crippen LogP) is 18.1. The van der Waals surface area contributed by atoms with Crippen LogP contribution in [0.3, 0.4) is 0 Å². The Labute approximate surface area is 391 Å². The summed E-state index contributed by atoms with van der Waals surface area (Å²) >= 11 is 0. The molecule has 6 nitrogen and oxygen atoms in total. The fourth-order valence-corrected chi connectivity index (χ4v) is 7.96. The summed E-state index contributed by atoms with van der Waals surface area (Å²) < 4.78 is 16.8. The molecule has 0 saturated heterocycles. The minimum Gasteiger partial charge on any atom is -0.462 e. The van der Waals surface area contributed by atoms with Gasteiger partial charge in [-0.3, -0.25) is 14.4 Å². The van der Waals surface area contributed by atoms with Crippen LogP contribution in [-0.4, -0.2) is 37.2 Å². The highest BCUT2D eigenvalue weighted by Crippen LogP contribution is 2.16. The molecule has 0 aliphatic heterocycles. The number of carbonyl (C=O) groups is 3. The molecule has 1 unspecified atom stereocenters. The van der Waals surface area contributed by atoms with Crippen molar-refractivity contribution in [1.29, 1.82) is 0 Å². The molecule has 0 saturated carbocycles. The van der Waals surface area contributed by atoms with Gasteiger partial charge in [-0.2, -0.15) is 0 Å². The molecular weight excluding hydrogens is 781 g/mol. The maximum absolute atomic E-state index is 12.8. The Kier molecular flexibility index (Phi) is 50.3. The van der Waals surface area contributed by atoms with Crippen LogP contribution in [-0.2, 0) is 28.6 Å². The number of esters is 3. The molecular formula is C57H104O6. The third-order valence-corrected chi connectivity index (χ3v) is 12.1. The molecule has 1 atom stereocenters. The van der Waals surface area contributed by atoms with Gasteiger partial charge in [0, 0.05) is 19.3 Å². The van der Waals surface area contributed by atoms with Gasteiger partial charge in [-0.15, -0.1) is 0 Å². The molecule has 63 heavy (non-hydrogen) atoms. The molecule has 0 aromatic carbocycles. The van der Waals surface area contributed by atoms with Crippen molar-refractivity contribution < 1.29 is 28.6 Å². The molecule has 0 aliphatic carbocycles. The van der Waals surface area contributed by atoms with Crippen molar-refractivity contribution >= 4 is 17.9 Å². The number of hydrogen-bond acceptors (Lipinski definition) is 6. The molecule has 0 spiro atoms. The smallest absolute Gasteiger partial charge is 0.306 e. The molecule has 0 N–H and O–H groups in total. The first-order valence-electron chi connectivity index (χ1n) is 27.5. The quantitative estimate of drug-likeness (QED) is 0.0199. The molecule has 0 bridgehead atoms. The number of hydrogen-bond donors (Lipinski definition) is 0. The van der Waals surface area contributed by atoms with Gasteiger partial charge in [-0.05, 0) is 70.6 Å². The van der Waals surface area contributed by atoms with Crippen molar-refractivity contribution in [3.05, 3.63) is 36.5 Å². The topological polar surface area (TPSA) is 78.9 Å². The fourth-order valence-electron chi connectivity index (χ4n) is 7.96. The first-order chi connectivity index (χ1) is 31.0. The minimum atomic E-state index is -0.771. The number of rotatable bonds is 50. The lowest BCUT2D eigenvalue weighted by Gasteiger charge is -2.18. The Morgan fingerprint density at radius 3 is 0.921 bits per heavy atom. The summed E-state index contributed by atoms with van der Waals surface area (Å²) in [7, 11) is 0. The van der Waals surface area contributed by atoms with Crippen LogP contribution in [0.1, 0.15) is 290 Å². The van der Waals surface area contributed by atoms with Crippen molar-refractivity contribution in [3.8, 4) is 0 Å². The van der Waals surface area contributed by atoms with Crippen molar-refractivity contribution in [1.82, 2.24) is 0 Å². The Hall–Kier alpha value is -2.37. The molecule has 0 amide bonds. The summed E-state index contributed by atoms with van der Waals surface area (Å²) in [6.07, 6.45) is 61.3. The number of allylic oxidation sites excluding steroid dienone is 6. The molecule has 0 aromatic rings. The van der Waals surface area contributed by atoms with E-state index in [9.17, 15) is 14.4 Å². The number of unbranched alkanes of at least 4 members (excludes halogenated alkanes) is 34. The minimum absolute atomic E-state index is 0.0720. The molecule has 368 valence electrons. The Bertz CT molecular complexity index is 1060. The van der Waals surface area contributed by atoms with Gasteiger partial charge in [0.2, 0.25) is 0 Å². The first kappa shape index (κ1) is 60.6. The molecule has 0 fully saturated rings. The standard InChI is InChI=1S/C57H104O6/c1-4-7-10-13-16-19-21-23-25-27-28-30-31-33-35-38-41-44-47-50-56(59)62-53-54(52-61-55(58)49-46-43-40-37-18-15-12-9-6-3)63-57(60)51-48-45-42-39-36-34-32-29-26-24-22-20-17-14-11-8-5-2/h16,19,21,23-24,26,54H,4-15,17-18,20,22,25,27-53H2,1-3H3/b19-16-,23-21-,26-24-. The monoisotopic (exact) mass is 885 g/mol. The lowest BCUT2D eigenvalue weighted by atomic mass is 10.1. The summed E-state index contributed by atoms with van der Waals surface area (Å²) in [6, 6.07) is 0. The van der Waals surface area contributed by atoms with Gasteiger partial charge >= 0.3 is 17.9 Å². The molecule has 0 radical (unpaired) electrons. The lowest BCUT2D eigenvalue weighted by Crippen LogP contribution is -2.30. The summed E-state index contributed by atoms with van der Waals surface area (Å²) in [5.41, 5.74) is 0. The van der Waals surface area contributed by atoms with E-state index in [0.29, 0.717) is 19.3 Å².